The quantitative estimate of drug-likeness (QED) is 0.421. The van der Waals surface area contributed by atoms with Crippen molar-refractivity contribution < 1.29 is 14.0 Å². The molecule has 2 N–H and O–H groups in total. The molecule has 10 heteroatoms. The average molecular weight is 487 g/mol. The molecule has 1 saturated carbocycles. The Hall–Kier alpha value is -2.72. The molecule has 1 fully saturated rings. The van der Waals surface area contributed by atoms with Gasteiger partial charge in [0.25, 0.3) is 5.56 Å². The average Bonchev–Trinajstić information content (AvgIpc) is 3.51. The Balaban J connectivity index is 1.54. The number of aryl methyl sites for hydroxylation is 2. The lowest BCUT2D eigenvalue weighted by atomic mass is 9.97. The molecule has 3 aromatic rings. The minimum absolute atomic E-state index is 0.0919. The molecule has 2 aliphatic carbocycles. The number of fused-ring (bicyclic) bond motifs is 3. The van der Waals surface area contributed by atoms with E-state index in [1.807, 2.05) is 0 Å². The Labute approximate surface area is 197 Å². The lowest BCUT2D eigenvalue weighted by molar-refractivity contribution is -0.119. The first kappa shape index (κ1) is 22.1. The summed E-state index contributed by atoms with van der Waals surface area (Å²) in [5.74, 6) is -1.05. The summed E-state index contributed by atoms with van der Waals surface area (Å²) >= 11 is 2.53. The fourth-order valence-electron chi connectivity index (χ4n) is 3.99. The number of rotatable bonds is 5. The van der Waals surface area contributed by atoms with Crippen LogP contribution in [0.15, 0.2) is 34.2 Å². The van der Waals surface area contributed by atoms with Gasteiger partial charge in [0.05, 0.1) is 16.3 Å². The van der Waals surface area contributed by atoms with E-state index in [9.17, 15) is 18.8 Å². The molecule has 7 nitrogen and oxygen atoms in total. The predicted molar refractivity (Wildman–Crippen MR) is 127 cm³/mol. The van der Waals surface area contributed by atoms with Crippen molar-refractivity contribution in [2.45, 2.75) is 61.9 Å². The predicted octanol–water partition coefficient (Wildman–Crippen LogP) is 3.93. The van der Waals surface area contributed by atoms with Gasteiger partial charge in [0.2, 0.25) is 5.91 Å². The minimum atomic E-state index is -0.730. The molecule has 33 heavy (non-hydrogen) atoms. The number of aromatic nitrogens is 2. The van der Waals surface area contributed by atoms with E-state index in [0.717, 1.165) is 60.7 Å². The van der Waals surface area contributed by atoms with Crippen LogP contribution >= 0.6 is 23.1 Å². The fraction of sp³-hybridized carbons (Fsp3) is 0.391. The number of imide groups is 1. The van der Waals surface area contributed by atoms with Crippen LogP contribution in [0, 0.1) is 5.82 Å². The van der Waals surface area contributed by atoms with Crippen LogP contribution < -0.4 is 16.2 Å². The summed E-state index contributed by atoms with van der Waals surface area (Å²) in [6.45, 7) is 1.63. The third-order valence-electron chi connectivity index (χ3n) is 5.85. The summed E-state index contributed by atoms with van der Waals surface area (Å²) < 4.78 is 16.0. The van der Waals surface area contributed by atoms with E-state index < -0.39 is 23.0 Å². The number of halogens is 1. The van der Waals surface area contributed by atoms with Gasteiger partial charge >= 0.3 is 6.03 Å². The number of carbonyl (C=O) groups is 2. The molecule has 0 spiro atoms. The first-order valence-electron chi connectivity index (χ1n) is 11.0. The Bertz CT molecular complexity index is 1320. The van der Waals surface area contributed by atoms with Crippen LogP contribution in [0.3, 0.4) is 0 Å². The van der Waals surface area contributed by atoms with Crippen molar-refractivity contribution in [3.8, 4) is 5.69 Å². The van der Waals surface area contributed by atoms with Crippen molar-refractivity contribution in [1.29, 1.82) is 0 Å². The summed E-state index contributed by atoms with van der Waals surface area (Å²) in [6.07, 6.45) is 5.63. The number of thioether (sulfide) groups is 1. The monoisotopic (exact) mass is 486 g/mol. The Morgan fingerprint density at radius 1 is 1.24 bits per heavy atom. The molecule has 3 amide bonds. The third kappa shape index (κ3) is 4.41. The SMILES string of the molecule is CC(Sc1nc2sc3c(c2c(=O)n1-c1ccccc1F)CCCC3)C(=O)NC(=O)NC1CC1. The number of amides is 3. The summed E-state index contributed by atoms with van der Waals surface area (Å²) in [7, 11) is 0. The van der Waals surface area contributed by atoms with Crippen LogP contribution in [-0.4, -0.2) is 32.8 Å². The van der Waals surface area contributed by atoms with E-state index in [-0.39, 0.29) is 22.4 Å². The molecule has 2 heterocycles. The lowest BCUT2D eigenvalue weighted by Gasteiger charge is -2.16. The van der Waals surface area contributed by atoms with Gasteiger partial charge in [-0.2, -0.15) is 0 Å². The molecule has 1 aromatic carbocycles. The third-order valence-corrected chi connectivity index (χ3v) is 8.09. The highest BCUT2D eigenvalue weighted by Gasteiger charge is 2.28. The second kappa shape index (κ2) is 8.90. The molecule has 0 saturated heterocycles. The number of hydrogen-bond acceptors (Lipinski definition) is 6. The lowest BCUT2D eigenvalue weighted by Crippen LogP contribution is -2.43. The van der Waals surface area contributed by atoms with Gasteiger partial charge in [-0.15, -0.1) is 11.3 Å². The highest BCUT2D eigenvalue weighted by atomic mass is 32.2. The number of nitrogens with one attached hydrogen (secondary N) is 2. The number of nitrogens with zero attached hydrogens (tertiary/aromatic N) is 2. The molecular weight excluding hydrogens is 463 g/mol. The van der Waals surface area contributed by atoms with E-state index in [1.54, 1.807) is 19.1 Å². The summed E-state index contributed by atoms with van der Waals surface area (Å²) in [5.41, 5.74) is 0.781. The van der Waals surface area contributed by atoms with E-state index >= 15 is 0 Å². The zero-order valence-corrected chi connectivity index (χ0v) is 19.7. The van der Waals surface area contributed by atoms with Crippen molar-refractivity contribution in [3.05, 3.63) is 50.9 Å². The van der Waals surface area contributed by atoms with Crippen LogP contribution in [-0.2, 0) is 17.6 Å². The maximum atomic E-state index is 14.8. The van der Waals surface area contributed by atoms with Crippen LogP contribution in [0.1, 0.15) is 43.0 Å². The van der Waals surface area contributed by atoms with Gasteiger partial charge in [-0.05, 0) is 63.1 Å². The van der Waals surface area contributed by atoms with E-state index in [4.69, 9.17) is 4.98 Å². The number of para-hydroxylation sites is 1. The molecule has 172 valence electrons. The topological polar surface area (TPSA) is 93.1 Å². The van der Waals surface area contributed by atoms with Crippen LogP contribution in [0.5, 0.6) is 0 Å². The van der Waals surface area contributed by atoms with Crippen molar-refractivity contribution >= 4 is 45.3 Å². The van der Waals surface area contributed by atoms with Gasteiger partial charge in [-0.25, -0.2) is 14.2 Å². The van der Waals surface area contributed by atoms with Crippen molar-refractivity contribution in [2.75, 3.05) is 0 Å². The Kier molecular flexibility index (Phi) is 5.96. The van der Waals surface area contributed by atoms with E-state index in [0.29, 0.717) is 10.2 Å². The first-order valence-corrected chi connectivity index (χ1v) is 12.7. The largest absolute Gasteiger partial charge is 0.335 e. The molecule has 1 unspecified atom stereocenters. The highest BCUT2D eigenvalue weighted by molar-refractivity contribution is 8.00. The summed E-state index contributed by atoms with van der Waals surface area (Å²) in [4.78, 5) is 44.7. The van der Waals surface area contributed by atoms with Gasteiger partial charge in [-0.3, -0.25) is 19.5 Å². The highest BCUT2D eigenvalue weighted by Crippen LogP contribution is 2.36. The molecule has 0 radical (unpaired) electrons. The van der Waals surface area contributed by atoms with Crippen molar-refractivity contribution in [3.63, 3.8) is 0 Å². The fourth-order valence-corrected chi connectivity index (χ4v) is 6.21. The minimum Gasteiger partial charge on any atom is -0.335 e. The zero-order valence-electron chi connectivity index (χ0n) is 18.0. The molecule has 0 bridgehead atoms. The van der Waals surface area contributed by atoms with Crippen molar-refractivity contribution in [1.82, 2.24) is 20.2 Å². The summed E-state index contributed by atoms with van der Waals surface area (Å²) in [6, 6.07) is 5.63. The molecule has 0 aliphatic heterocycles. The van der Waals surface area contributed by atoms with Crippen molar-refractivity contribution in [2.24, 2.45) is 0 Å². The number of thiophene rings is 1. The number of benzene rings is 1. The number of hydrogen-bond donors (Lipinski definition) is 2. The standard InChI is InChI=1S/C23H23FN4O3S2/c1-12(19(29)26-22(31)25-13-10-11-13)32-23-27-20-18(14-6-2-5-9-17(14)33-20)21(30)28(23)16-8-4-3-7-15(16)24/h3-4,7-8,12-13H,2,5-6,9-11H2,1H3,(H2,25,26,29,31). The maximum absolute atomic E-state index is 14.8. The summed E-state index contributed by atoms with van der Waals surface area (Å²) in [5, 5.41) is 5.09. The van der Waals surface area contributed by atoms with Gasteiger partial charge < -0.3 is 5.32 Å². The molecule has 5 rings (SSSR count). The molecular formula is C23H23FN4O3S2. The second-order valence-corrected chi connectivity index (χ2v) is 10.8. The van der Waals surface area contributed by atoms with E-state index in [2.05, 4.69) is 10.6 Å². The van der Waals surface area contributed by atoms with Crippen LogP contribution in [0.4, 0.5) is 9.18 Å². The normalized spacial score (nSPS) is 16.3. The number of carbonyl (C=O) groups excluding carboxylic acids is 2. The van der Waals surface area contributed by atoms with Gasteiger partial charge in [0, 0.05) is 10.9 Å². The van der Waals surface area contributed by atoms with E-state index in [1.165, 1.54) is 28.0 Å². The Morgan fingerprint density at radius 2 is 2.00 bits per heavy atom. The first-order chi connectivity index (χ1) is 15.9. The second-order valence-electron chi connectivity index (χ2n) is 8.37. The van der Waals surface area contributed by atoms with Gasteiger partial charge in [0.15, 0.2) is 5.16 Å². The maximum Gasteiger partial charge on any atom is 0.321 e. The smallest absolute Gasteiger partial charge is 0.321 e. The van der Waals surface area contributed by atoms with Crippen LogP contribution in [0.2, 0.25) is 0 Å². The molecule has 2 aliphatic rings. The zero-order chi connectivity index (χ0) is 23.1. The van der Waals surface area contributed by atoms with Gasteiger partial charge in [0.1, 0.15) is 10.6 Å². The van der Waals surface area contributed by atoms with Gasteiger partial charge in [-0.1, -0.05) is 23.9 Å². The number of urea groups is 1. The molecule has 2 aromatic heterocycles. The Morgan fingerprint density at radius 3 is 2.76 bits per heavy atom. The van der Waals surface area contributed by atoms with Crippen LogP contribution in [0.25, 0.3) is 15.9 Å². The molecule has 1 atom stereocenters.